The number of rotatable bonds is 11. The van der Waals surface area contributed by atoms with Crippen molar-refractivity contribution in [3.63, 3.8) is 0 Å². The van der Waals surface area contributed by atoms with Crippen LogP contribution >= 0.6 is 0 Å². The van der Waals surface area contributed by atoms with E-state index in [2.05, 4.69) is 19.1 Å². The molecule has 180 valence electrons. The van der Waals surface area contributed by atoms with E-state index in [9.17, 15) is 9.59 Å². The molecular weight excluding hydrogens is 422 g/mol. The molecule has 2 aromatic carbocycles. The van der Waals surface area contributed by atoms with Crippen molar-refractivity contribution in [3.8, 4) is 11.1 Å². The molecule has 0 aliphatic carbocycles. The van der Waals surface area contributed by atoms with Gasteiger partial charge in [-0.3, -0.25) is 9.59 Å². The van der Waals surface area contributed by atoms with E-state index < -0.39 is 0 Å². The van der Waals surface area contributed by atoms with Crippen molar-refractivity contribution in [1.82, 2.24) is 14.4 Å². The lowest BCUT2D eigenvalue weighted by atomic mass is 10.0. The Labute approximate surface area is 204 Å². The topological polar surface area (TPSA) is 45.6 Å². The Kier molecular flexibility index (Phi) is 9.08. The third-order valence-corrected chi connectivity index (χ3v) is 6.47. The normalized spacial score (nSPS) is 11.8. The predicted molar refractivity (Wildman–Crippen MR) is 138 cm³/mol. The molecule has 1 heterocycles. The number of hydrogen-bond acceptors (Lipinski definition) is 2. The van der Waals surface area contributed by atoms with Gasteiger partial charge < -0.3 is 14.4 Å². The second-order valence-corrected chi connectivity index (χ2v) is 8.91. The summed E-state index contributed by atoms with van der Waals surface area (Å²) in [7, 11) is 1.99. The molecule has 34 heavy (non-hydrogen) atoms. The van der Waals surface area contributed by atoms with Gasteiger partial charge in [0.15, 0.2) is 0 Å². The first kappa shape index (κ1) is 25.3. The maximum atomic E-state index is 13.5. The van der Waals surface area contributed by atoms with Crippen molar-refractivity contribution in [2.24, 2.45) is 7.05 Å². The van der Waals surface area contributed by atoms with Crippen LogP contribution in [-0.2, 0) is 18.4 Å². The van der Waals surface area contributed by atoms with Gasteiger partial charge in [-0.1, -0.05) is 62.7 Å². The molecule has 1 unspecified atom stereocenters. The maximum Gasteiger partial charge on any atom is 0.254 e. The van der Waals surface area contributed by atoms with Crippen LogP contribution in [-0.4, -0.2) is 45.3 Å². The summed E-state index contributed by atoms with van der Waals surface area (Å²) in [5, 5.41) is 0. The van der Waals surface area contributed by atoms with Crippen LogP contribution in [0, 0.1) is 0 Å². The van der Waals surface area contributed by atoms with Crippen LogP contribution in [0.15, 0.2) is 72.9 Å². The number of aromatic nitrogens is 1. The van der Waals surface area contributed by atoms with Crippen LogP contribution in [0.2, 0.25) is 0 Å². The molecule has 3 aromatic rings. The van der Waals surface area contributed by atoms with E-state index in [-0.39, 0.29) is 24.4 Å². The molecule has 0 saturated heterocycles. The Hall–Kier alpha value is -3.34. The van der Waals surface area contributed by atoms with Crippen LogP contribution in [0.4, 0.5) is 0 Å². The van der Waals surface area contributed by atoms with Gasteiger partial charge >= 0.3 is 0 Å². The smallest absolute Gasteiger partial charge is 0.254 e. The first-order valence-corrected chi connectivity index (χ1v) is 12.3. The summed E-state index contributed by atoms with van der Waals surface area (Å²) in [4.78, 5) is 30.5. The van der Waals surface area contributed by atoms with Crippen molar-refractivity contribution in [2.45, 2.75) is 52.6 Å². The number of carbonyl (C=O) groups excluding carboxylic acids is 2. The molecule has 0 aliphatic heterocycles. The molecule has 3 rings (SSSR count). The predicted octanol–water partition coefficient (Wildman–Crippen LogP) is 5.76. The summed E-state index contributed by atoms with van der Waals surface area (Å²) >= 11 is 0. The largest absolute Gasteiger partial charge is 0.353 e. The molecule has 2 amide bonds. The third kappa shape index (κ3) is 6.37. The fraction of sp³-hybridized carbons (Fsp3) is 0.379. The van der Waals surface area contributed by atoms with E-state index in [1.165, 1.54) is 0 Å². The summed E-state index contributed by atoms with van der Waals surface area (Å²) in [6.45, 7) is 7.51. The summed E-state index contributed by atoms with van der Waals surface area (Å²) < 4.78 is 2.04. The van der Waals surface area contributed by atoms with Crippen molar-refractivity contribution in [1.29, 1.82) is 0 Å². The van der Waals surface area contributed by atoms with Gasteiger partial charge in [0.2, 0.25) is 5.91 Å². The van der Waals surface area contributed by atoms with E-state index in [0.717, 1.165) is 36.1 Å². The molecule has 0 N–H and O–H groups in total. The summed E-state index contributed by atoms with van der Waals surface area (Å²) in [5.41, 5.74) is 3.87. The van der Waals surface area contributed by atoms with Gasteiger partial charge in [-0.2, -0.15) is 0 Å². The summed E-state index contributed by atoms with van der Waals surface area (Å²) in [6, 6.07) is 21.8. The molecule has 0 spiro atoms. The van der Waals surface area contributed by atoms with Gasteiger partial charge in [0.05, 0.1) is 6.54 Å². The molecule has 5 nitrogen and oxygen atoms in total. The Bertz CT molecular complexity index is 1060. The van der Waals surface area contributed by atoms with Crippen LogP contribution in [0.5, 0.6) is 0 Å². The van der Waals surface area contributed by atoms with Crippen molar-refractivity contribution < 1.29 is 9.59 Å². The fourth-order valence-electron chi connectivity index (χ4n) is 3.99. The number of hydrogen-bond donors (Lipinski definition) is 0. The van der Waals surface area contributed by atoms with E-state index in [1.807, 2.05) is 91.2 Å². The third-order valence-electron chi connectivity index (χ3n) is 6.47. The monoisotopic (exact) mass is 459 g/mol. The Morgan fingerprint density at radius 2 is 1.59 bits per heavy atom. The highest BCUT2D eigenvalue weighted by atomic mass is 16.2. The van der Waals surface area contributed by atoms with Crippen molar-refractivity contribution in [3.05, 3.63) is 84.2 Å². The molecule has 0 saturated carbocycles. The Balaban J connectivity index is 1.77. The van der Waals surface area contributed by atoms with Gasteiger partial charge in [0, 0.05) is 37.1 Å². The first-order valence-electron chi connectivity index (χ1n) is 12.3. The van der Waals surface area contributed by atoms with E-state index in [4.69, 9.17) is 0 Å². The molecule has 1 atom stereocenters. The number of aryl methyl sites for hydroxylation is 1. The second kappa shape index (κ2) is 12.2. The first-order chi connectivity index (χ1) is 16.4. The minimum Gasteiger partial charge on any atom is -0.353 e. The van der Waals surface area contributed by atoms with Crippen molar-refractivity contribution in [2.75, 3.05) is 13.1 Å². The second-order valence-electron chi connectivity index (χ2n) is 8.91. The zero-order valence-electron chi connectivity index (χ0n) is 20.9. The standard InChI is InChI=1S/C29H37N3O2/c1-5-7-20-31(21-27-14-11-19-30(27)4)28(33)22-32(23(3)6-2)29(34)26-17-15-25(16-18-26)24-12-9-8-10-13-24/h8-19,23H,5-7,20-22H2,1-4H3. The minimum atomic E-state index is -0.100. The van der Waals surface area contributed by atoms with Crippen molar-refractivity contribution >= 4 is 11.8 Å². The molecular formula is C29H37N3O2. The number of carbonyl (C=O) groups is 2. The lowest BCUT2D eigenvalue weighted by molar-refractivity contribution is -0.133. The lowest BCUT2D eigenvalue weighted by Crippen LogP contribution is -2.46. The molecule has 0 aliphatic rings. The van der Waals surface area contributed by atoms with Crippen LogP contribution in [0.3, 0.4) is 0 Å². The molecule has 0 fully saturated rings. The number of amides is 2. The highest BCUT2D eigenvalue weighted by Gasteiger charge is 2.26. The molecule has 5 heteroatoms. The van der Waals surface area contributed by atoms with Crippen LogP contribution in [0.25, 0.3) is 11.1 Å². The van der Waals surface area contributed by atoms with Gasteiger partial charge in [0.1, 0.15) is 6.54 Å². The average Bonchev–Trinajstić information content (AvgIpc) is 3.28. The number of nitrogens with zero attached hydrogens (tertiary/aromatic N) is 3. The van der Waals surface area contributed by atoms with Gasteiger partial charge in [0.25, 0.3) is 5.91 Å². The zero-order chi connectivity index (χ0) is 24.5. The summed E-state index contributed by atoms with van der Waals surface area (Å²) in [5.74, 6) is -0.110. The summed E-state index contributed by atoms with van der Waals surface area (Å²) in [6.07, 6.45) is 4.73. The Morgan fingerprint density at radius 3 is 2.18 bits per heavy atom. The Morgan fingerprint density at radius 1 is 0.912 bits per heavy atom. The van der Waals surface area contributed by atoms with Gasteiger partial charge in [-0.15, -0.1) is 0 Å². The van der Waals surface area contributed by atoms with Crippen LogP contribution < -0.4 is 0 Å². The van der Waals surface area contributed by atoms with E-state index >= 15 is 0 Å². The molecule has 0 radical (unpaired) electrons. The highest BCUT2D eigenvalue weighted by Crippen LogP contribution is 2.21. The SMILES string of the molecule is CCCCN(Cc1cccn1C)C(=O)CN(C(=O)c1ccc(-c2ccccc2)cc1)C(C)CC. The van der Waals surface area contributed by atoms with Gasteiger partial charge in [-0.05, 0) is 55.2 Å². The zero-order valence-corrected chi connectivity index (χ0v) is 20.9. The lowest BCUT2D eigenvalue weighted by Gasteiger charge is -2.31. The number of unbranched alkanes of at least 4 members (excludes halogenated alkanes) is 1. The van der Waals surface area contributed by atoms with Crippen LogP contribution in [0.1, 0.15) is 56.1 Å². The average molecular weight is 460 g/mol. The maximum absolute atomic E-state index is 13.5. The molecule has 1 aromatic heterocycles. The highest BCUT2D eigenvalue weighted by molar-refractivity contribution is 5.97. The molecule has 0 bridgehead atoms. The van der Waals surface area contributed by atoms with E-state index in [0.29, 0.717) is 18.7 Å². The number of benzene rings is 2. The van der Waals surface area contributed by atoms with E-state index in [1.54, 1.807) is 4.90 Å². The van der Waals surface area contributed by atoms with Gasteiger partial charge in [-0.25, -0.2) is 0 Å². The quantitative estimate of drug-likeness (QED) is 0.366. The minimum absolute atomic E-state index is 0.00999. The fourth-order valence-corrected chi connectivity index (χ4v) is 3.99.